The van der Waals surface area contributed by atoms with Gasteiger partial charge in [0.2, 0.25) is 5.91 Å². The van der Waals surface area contributed by atoms with Gasteiger partial charge < -0.3 is 5.32 Å². The molecule has 2 aromatic carbocycles. The van der Waals surface area contributed by atoms with Crippen LogP contribution in [-0.4, -0.2) is 26.4 Å². The summed E-state index contributed by atoms with van der Waals surface area (Å²) in [4.78, 5) is 12.4. The number of nitrogens with one attached hydrogen (secondary N) is 1. The number of nitrogens with zero attached hydrogens (tertiary/aromatic N) is 3. The molecule has 0 saturated heterocycles. The Bertz CT molecular complexity index is 994. The Hall–Kier alpha value is -2.60. The third-order valence-electron chi connectivity index (χ3n) is 4.60. The summed E-state index contributed by atoms with van der Waals surface area (Å²) in [6, 6.07) is 12.2. The molecular weight excluding hydrogens is 356 g/mol. The average Bonchev–Trinajstić information content (AvgIpc) is 2.98. The van der Waals surface area contributed by atoms with Gasteiger partial charge in [-0.3, -0.25) is 9.36 Å². The smallest absolute Gasteiger partial charge is 0.234 e. The topological polar surface area (TPSA) is 59.8 Å². The van der Waals surface area contributed by atoms with Crippen LogP contribution in [-0.2, 0) is 4.79 Å². The number of aromatic nitrogens is 3. The molecule has 1 aromatic heterocycles. The zero-order chi connectivity index (χ0) is 19.6. The Morgan fingerprint density at radius 1 is 1.04 bits per heavy atom. The number of benzene rings is 2. The fourth-order valence-corrected chi connectivity index (χ4v) is 3.75. The molecule has 6 heteroatoms. The van der Waals surface area contributed by atoms with Gasteiger partial charge in [-0.2, -0.15) is 0 Å². The van der Waals surface area contributed by atoms with Gasteiger partial charge in [-0.05, 0) is 63.4 Å². The Morgan fingerprint density at radius 3 is 2.56 bits per heavy atom. The van der Waals surface area contributed by atoms with E-state index in [4.69, 9.17) is 0 Å². The molecule has 140 valence electrons. The van der Waals surface area contributed by atoms with Crippen LogP contribution in [0.3, 0.4) is 0 Å². The van der Waals surface area contributed by atoms with Crippen molar-refractivity contribution < 1.29 is 4.79 Å². The third kappa shape index (κ3) is 4.22. The van der Waals surface area contributed by atoms with E-state index < -0.39 is 0 Å². The van der Waals surface area contributed by atoms with Crippen molar-refractivity contribution in [1.29, 1.82) is 0 Å². The molecule has 1 N–H and O–H groups in total. The lowest BCUT2D eigenvalue weighted by Gasteiger charge is -2.13. The molecule has 0 fully saturated rings. The first-order chi connectivity index (χ1) is 12.9. The van der Waals surface area contributed by atoms with Crippen molar-refractivity contribution in [2.24, 2.45) is 0 Å². The van der Waals surface area contributed by atoms with Crippen molar-refractivity contribution in [2.75, 3.05) is 11.1 Å². The van der Waals surface area contributed by atoms with Gasteiger partial charge in [-0.1, -0.05) is 41.6 Å². The van der Waals surface area contributed by atoms with Crippen LogP contribution in [0.15, 0.2) is 41.6 Å². The number of carbonyl (C=O) groups excluding carboxylic acids is 1. The van der Waals surface area contributed by atoms with Crippen LogP contribution in [0.1, 0.15) is 28.1 Å². The molecule has 0 aliphatic rings. The summed E-state index contributed by atoms with van der Waals surface area (Å²) in [7, 11) is 0. The lowest BCUT2D eigenvalue weighted by molar-refractivity contribution is -0.113. The molecule has 0 saturated carbocycles. The molecule has 27 heavy (non-hydrogen) atoms. The van der Waals surface area contributed by atoms with Gasteiger partial charge >= 0.3 is 0 Å². The second-order valence-corrected chi connectivity index (χ2v) is 7.68. The summed E-state index contributed by atoms with van der Waals surface area (Å²) in [6.07, 6.45) is 0. The Balaban J connectivity index is 1.75. The van der Waals surface area contributed by atoms with Crippen LogP contribution in [0.5, 0.6) is 0 Å². The standard InChI is InChI=1S/C21H24N4OS/c1-13-9-10-18(15(3)11-13)22-20(26)12-27-21-24-23-17(5)25(21)19-8-6-7-14(2)16(19)4/h6-11H,12H2,1-5H3,(H,22,26). The van der Waals surface area contributed by atoms with Crippen molar-refractivity contribution in [1.82, 2.24) is 14.8 Å². The van der Waals surface area contributed by atoms with Crippen molar-refractivity contribution in [3.63, 3.8) is 0 Å². The largest absolute Gasteiger partial charge is 0.325 e. The summed E-state index contributed by atoms with van der Waals surface area (Å²) in [5.74, 6) is 1.03. The van der Waals surface area contributed by atoms with E-state index in [1.165, 1.54) is 28.5 Å². The van der Waals surface area contributed by atoms with Gasteiger partial charge in [0.1, 0.15) is 5.82 Å². The highest BCUT2D eigenvalue weighted by Crippen LogP contribution is 2.25. The normalized spacial score (nSPS) is 10.9. The second kappa shape index (κ2) is 7.96. The van der Waals surface area contributed by atoms with Gasteiger partial charge in [-0.25, -0.2) is 0 Å². The first kappa shape index (κ1) is 19.2. The van der Waals surface area contributed by atoms with E-state index in [9.17, 15) is 4.79 Å². The number of carbonyl (C=O) groups is 1. The van der Waals surface area contributed by atoms with Crippen molar-refractivity contribution >= 4 is 23.4 Å². The number of anilines is 1. The minimum absolute atomic E-state index is 0.0554. The molecule has 3 aromatic rings. The minimum atomic E-state index is -0.0554. The van der Waals surface area contributed by atoms with Gasteiger partial charge in [0.25, 0.3) is 0 Å². The summed E-state index contributed by atoms with van der Waals surface area (Å²) >= 11 is 1.39. The maximum absolute atomic E-state index is 12.4. The molecule has 0 radical (unpaired) electrons. The molecule has 0 spiro atoms. The van der Waals surface area contributed by atoms with Gasteiger partial charge in [0.05, 0.1) is 11.4 Å². The Morgan fingerprint density at radius 2 is 1.81 bits per heavy atom. The summed E-state index contributed by atoms with van der Waals surface area (Å²) in [5.41, 5.74) is 6.53. The fourth-order valence-electron chi connectivity index (χ4n) is 2.96. The third-order valence-corrected chi connectivity index (χ3v) is 5.53. The predicted molar refractivity (Wildman–Crippen MR) is 111 cm³/mol. The molecule has 0 bridgehead atoms. The second-order valence-electron chi connectivity index (χ2n) is 6.74. The van der Waals surface area contributed by atoms with Crippen LogP contribution < -0.4 is 5.32 Å². The molecule has 1 heterocycles. The van der Waals surface area contributed by atoms with Crippen molar-refractivity contribution in [2.45, 2.75) is 39.8 Å². The van der Waals surface area contributed by atoms with Crippen molar-refractivity contribution in [3.05, 3.63) is 64.5 Å². The van der Waals surface area contributed by atoms with E-state index in [1.807, 2.05) is 43.5 Å². The first-order valence-electron chi connectivity index (χ1n) is 8.85. The number of amides is 1. The van der Waals surface area contributed by atoms with Crippen LogP contribution in [0, 0.1) is 34.6 Å². The lowest BCUT2D eigenvalue weighted by Crippen LogP contribution is -2.15. The summed E-state index contributed by atoms with van der Waals surface area (Å²) < 4.78 is 2.01. The number of hydrogen-bond acceptors (Lipinski definition) is 4. The molecule has 0 aliphatic carbocycles. The molecule has 0 aliphatic heterocycles. The van der Waals surface area contributed by atoms with Crippen LogP contribution in [0.4, 0.5) is 5.69 Å². The van der Waals surface area contributed by atoms with E-state index in [0.717, 1.165) is 27.9 Å². The van der Waals surface area contributed by atoms with E-state index in [0.29, 0.717) is 0 Å². The van der Waals surface area contributed by atoms with Gasteiger partial charge in [-0.15, -0.1) is 10.2 Å². The van der Waals surface area contributed by atoms with E-state index in [2.05, 4.69) is 47.6 Å². The Kier molecular flexibility index (Phi) is 5.65. The molecule has 5 nitrogen and oxygen atoms in total. The molecular formula is C21H24N4OS. The molecule has 3 rings (SSSR count). The highest BCUT2D eigenvalue weighted by atomic mass is 32.2. The SMILES string of the molecule is Cc1ccc(NC(=O)CSc2nnc(C)n2-c2cccc(C)c2C)c(C)c1. The number of rotatable bonds is 5. The van der Waals surface area contributed by atoms with Crippen molar-refractivity contribution in [3.8, 4) is 5.69 Å². The van der Waals surface area contributed by atoms with E-state index in [-0.39, 0.29) is 11.7 Å². The fraction of sp³-hybridized carbons (Fsp3) is 0.286. The van der Waals surface area contributed by atoms with Gasteiger partial charge in [0, 0.05) is 5.69 Å². The first-order valence-corrected chi connectivity index (χ1v) is 9.84. The average molecular weight is 381 g/mol. The van der Waals surface area contributed by atoms with Gasteiger partial charge in [0.15, 0.2) is 5.16 Å². The zero-order valence-corrected chi connectivity index (χ0v) is 17.1. The van der Waals surface area contributed by atoms with Crippen LogP contribution in [0.25, 0.3) is 5.69 Å². The quantitative estimate of drug-likeness (QED) is 0.660. The Labute approximate surface area is 164 Å². The highest BCUT2D eigenvalue weighted by molar-refractivity contribution is 7.99. The maximum Gasteiger partial charge on any atom is 0.234 e. The number of thioether (sulfide) groups is 1. The van der Waals surface area contributed by atoms with Crippen LogP contribution >= 0.6 is 11.8 Å². The van der Waals surface area contributed by atoms with E-state index in [1.54, 1.807) is 0 Å². The maximum atomic E-state index is 12.4. The summed E-state index contributed by atoms with van der Waals surface area (Å²) in [6.45, 7) is 10.1. The number of hydrogen-bond donors (Lipinski definition) is 1. The summed E-state index contributed by atoms with van der Waals surface area (Å²) in [5, 5.41) is 12.2. The zero-order valence-electron chi connectivity index (χ0n) is 16.3. The predicted octanol–water partition coefficient (Wildman–Crippen LogP) is 4.54. The highest BCUT2D eigenvalue weighted by Gasteiger charge is 2.15. The van der Waals surface area contributed by atoms with E-state index >= 15 is 0 Å². The molecule has 0 atom stereocenters. The monoisotopic (exact) mass is 380 g/mol. The molecule has 1 amide bonds. The number of aryl methyl sites for hydroxylation is 4. The molecule has 0 unspecified atom stereocenters. The minimum Gasteiger partial charge on any atom is -0.325 e. The lowest BCUT2D eigenvalue weighted by atomic mass is 10.1. The van der Waals surface area contributed by atoms with Crippen LogP contribution in [0.2, 0.25) is 0 Å².